The Hall–Kier alpha value is -1.83. The van der Waals surface area contributed by atoms with Crippen LogP contribution in [-0.2, 0) is 6.42 Å². The summed E-state index contributed by atoms with van der Waals surface area (Å²) in [6, 6.07) is 11.7. The first-order chi connectivity index (χ1) is 8.20. The summed E-state index contributed by atoms with van der Waals surface area (Å²) in [6.07, 6.45) is 1.74. The first-order valence-corrected chi connectivity index (χ1v) is 5.84. The Balaban J connectivity index is 2.40. The van der Waals surface area contributed by atoms with Gasteiger partial charge in [0.1, 0.15) is 5.76 Å². The van der Waals surface area contributed by atoms with E-state index in [1.165, 1.54) is 5.56 Å². The molecule has 0 N–H and O–H groups in total. The van der Waals surface area contributed by atoms with Crippen molar-refractivity contribution >= 4 is 6.29 Å². The van der Waals surface area contributed by atoms with Crippen LogP contribution in [0, 0.1) is 5.92 Å². The zero-order chi connectivity index (χ0) is 12.3. The highest BCUT2D eigenvalue weighted by Gasteiger charge is 2.09. The van der Waals surface area contributed by atoms with Gasteiger partial charge in [0.05, 0.1) is 0 Å². The maximum Gasteiger partial charge on any atom is 0.185 e. The van der Waals surface area contributed by atoms with E-state index in [1.54, 1.807) is 6.07 Å². The van der Waals surface area contributed by atoms with Crippen molar-refractivity contribution in [1.29, 1.82) is 0 Å². The topological polar surface area (TPSA) is 30.2 Å². The molecule has 17 heavy (non-hydrogen) atoms. The lowest BCUT2D eigenvalue weighted by Gasteiger charge is -2.09. The Morgan fingerprint density at radius 2 is 1.94 bits per heavy atom. The summed E-state index contributed by atoms with van der Waals surface area (Å²) in [5.41, 5.74) is 2.34. The molecule has 0 aliphatic carbocycles. The van der Waals surface area contributed by atoms with Crippen LogP contribution in [0.4, 0.5) is 0 Å². The Morgan fingerprint density at radius 1 is 1.18 bits per heavy atom. The highest BCUT2D eigenvalue weighted by Crippen LogP contribution is 2.27. The molecule has 0 bridgehead atoms. The molecule has 0 aliphatic heterocycles. The number of aldehydes is 1. The summed E-state index contributed by atoms with van der Waals surface area (Å²) in [5, 5.41) is 0. The molecule has 1 heterocycles. The minimum absolute atomic E-state index is 0.374. The summed E-state index contributed by atoms with van der Waals surface area (Å²) < 4.78 is 5.47. The van der Waals surface area contributed by atoms with Gasteiger partial charge in [-0.2, -0.15) is 0 Å². The Kier molecular flexibility index (Phi) is 3.43. The van der Waals surface area contributed by atoms with Crippen LogP contribution in [0.25, 0.3) is 11.3 Å². The van der Waals surface area contributed by atoms with Gasteiger partial charge in [-0.25, -0.2) is 0 Å². The van der Waals surface area contributed by atoms with Crippen LogP contribution in [0.1, 0.15) is 30.0 Å². The van der Waals surface area contributed by atoms with Gasteiger partial charge in [0.2, 0.25) is 0 Å². The molecule has 2 heteroatoms. The second-order valence-electron chi connectivity index (χ2n) is 4.57. The fourth-order valence-electron chi connectivity index (χ4n) is 1.94. The number of carbonyl (C=O) groups excluding carboxylic acids is 1. The molecule has 2 aromatic rings. The molecule has 0 amide bonds. The van der Waals surface area contributed by atoms with Crippen molar-refractivity contribution in [2.45, 2.75) is 20.3 Å². The standard InChI is InChI=1S/C15H16O2/c1-11(2)9-12-5-3-4-6-14(12)15-8-7-13(10-16)17-15/h3-8,10-11H,9H2,1-2H3. The molecule has 0 saturated carbocycles. The van der Waals surface area contributed by atoms with Gasteiger partial charge in [-0.15, -0.1) is 0 Å². The summed E-state index contributed by atoms with van der Waals surface area (Å²) >= 11 is 0. The lowest BCUT2D eigenvalue weighted by Crippen LogP contribution is -1.96. The van der Waals surface area contributed by atoms with E-state index in [-0.39, 0.29) is 0 Å². The first kappa shape index (κ1) is 11.6. The number of furan rings is 1. The van der Waals surface area contributed by atoms with Gasteiger partial charge in [0, 0.05) is 5.56 Å². The molecule has 1 aromatic carbocycles. The molecule has 0 aliphatic rings. The zero-order valence-electron chi connectivity index (χ0n) is 10.1. The van der Waals surface area contributed by atoms with Gasteiger partial charge >= 0.3 is 0 Å². The lowest BCUT2D eigenvalue weighted by atomic mass is 9.97. The minimum atomic E-state index is 0.374. The van der Waals surface area contributed by atoms with Crippen LogP contribution in [-0.4, -0.2) is 6.29 Å². The third-order valence-electron chi connectivity index (χ3n) is 2.65. The quantitative estimate of drug-likeness (QED) is 0.741. The maximum absolute atomic E-state index is 10.6. The number of hydrogen-bond donors (Lipinski definition) is 0. The minimum Gasteiger partial charge on any atom is -0.453 e. The van der Waals surface area contributed by atoms with Gasteiger partial charge in [0.25, 0.3) is 0 Å². The number of rotatable bonds is 4. The largest absolute Gasteiger partial charge is 0.453 e. The molecule has 2 nitrogen and oxygen atoms in total. The molecule has 0 unspecified atom stereocenters. The second-order valence-corrected chi connectivity index (χ2v) is 4.57. The normalized spacial score (nSPS) is 10.8. The van der Waals surface area contributed by atoms with Gasteiger partial charge in [-0.3, -0.25) is 4.79 Å². The third kappa shape index (κ3) is 2.64. The number of hydrogen-bond acceptors (Lipinski definition) is 2. The van der Waals surface area contributed by atoms with Crippen molar-refractivity contribution in [2.75, 3.05) is 0 Å². The average molecular weight is 228 g/mol. The van der Waals surface area contributed by atoms with E-state index in [4.69, 9.17) is 4.42 Å². The molecular formula is C15H16O2. The summed E-state index contributed by atoms with van der Waals surface area (Å²) in [5.74, 6) is 1.74. The highest BCUT2D eigenvalue weighted by atomic mass is 16.3. The van der Waals surface area contributed by atoms with Crippen molar-refractivity contribution < 1.29 is 9.21 Å². The Labute approximate surface area is 101 Å². The van der Waals surface area contributed by atoms with E-state index in [0.717, 1.165) is 24.0 Å². The molecule has 0 radical (unpaired) electrons. The van der Waals surface area contributed by atoms with Crippen molar-refractivity contribution in [3.05, 3.63) is 47.7 Å². The highest BCUT2D eigenvalue weighted by molar-refractivity contribution is 5.73. The van der Waals surface area contributed by atoms with Crippen molar-refractivity contribution in [1.82, 2.24) is 0 Å². The zero-order valence-corrected chi connectivity index (χ0v) is 10.1. The van der Waals surface area contributed by atoms with Gasteiger partial charge in [-0.05, 0) is 30.0 Å². The Bertz CT molecular complexity index is 509. The fourth-order valence-corrected chi connectivity index (χ4v) is 1.94. The first-order valence-electron chi connectivity index (χ1n) is 5.84. The maximum atomic E-state index is 10.6. The van der Waals surface area contributed by atoms with Crippen molar-refractivity contribution in [2.24, 2.45) is 5.92 Å². The van der Waals surface area contributed by atoms with Crippen LogP contribution in [0.2, 0.25) is 0 Å². The predicted octanol–water partition coefficient (Wildman–Crippen LogP) is 3.96. The van der Waals surface area contributed by atoms with Crippen LogP contribution in [0.3, 0.4) is 0 Å². The van der Waals surface area contributed by atoms with Crippen molar-refractivity contribution in [3.63, 3.8) is 0 Å². The molecular weight excluding hydrogens is 212 g/mol. The van der Waals surface area contributed by atoms with Gasteiger partial charge in [0.15, 0.2) is 12.0 Å². The monoisotopic (exact) mass is 228 g/mol. The molecule has 0 fully saturated rings. The van der Waals surface area contributed by atoms with E-state index >= 15 is 0 Å². The van der Waals surface area contributed by atoms with E-state index in [9.17, 15) is 4.79 Å². The summed E-state index contributed by atoms with van der Waals surface area (Å²) in [7, 11) is 0. The fraction of sp³-hybridized carbons (Fsp3) is 0.267. The van der Waals surface area contributed by atoms with Crippen LogP contribution in [0.5, 0.6) is 0 Å². The SMILES string of the molecule is CC(C)Cc1ccccc1-c1ccc(C=O)o1. The smallest absolute Gasteiger partial charge is 0.185 e. The van der Waals surface area contributed by atoms with E-state index < -0.39 is 0 Å². The molecule has 1 aromatic heterocycles. The van der Waals surface area contributed by atoms with Crippen LogP contribution in [0.15, 0.2) is 40.8 Å². The van der Waals surface area contributed by atoms with Crippen LogP contribution >= 0.6 is 0 Å². The van der Waals surface area contributed by atoms with Crippen molar-refractivity contribution in [3.8, 4) is 11.3 Å². The van der Waals surface area contributed by atoms with E-state index in [2.05, 4.69) is 19.9 Å². The molecule has 2 rings (SSSR count). The third-order valence-corrected chi connectivity index (χ3v) is 2.65. The van der Waals surface area contributed by atoms with E-state index in [0.29, 0.717) is 11.7 Å². The van der Waals surface area contributed by atoms with Gasteiger partial charge < -0.3 is 4.42 Å². The lowest BCUT2D eigenvalue weighted by molar-refractivity contribution is 0.110. The number of carbonyl (C=O) groups is 1. The summed E-state index contributed by atoms with van der Waals surface area (Å²) in [6.45, 7) is 4.38. The van der Waals surface area contributed by atoms with E-state index in [1.807, 2.05) is 24.3 Å². The van der Waals surface area contributed by atoms with Crippen LogP contribution < -0.4 is 0 Å². The molecule has 0 saturated heterocycles. The molecule has 88 valence electrons. The van der Waals surface area contributed by atoms with Gasteiger partial charge in [-0.1, -0.05) is 38.1 Å². The number of benzene rings is 1. The second kappa shape index (κ2) is 5.00. The summed E-state index contributed by atoms with van der Waals surface area (Å²) in [4.78, 5) is 10.6. The average Bonchev–Trinajstić information content (AvgIpc) is 2.77. The molecule has 0 atom stereocenters. The molecule has 0 spiro atoms. The predicted molar refractivity (Wildman–Crippen MR) is 68.1 cm³/mol. The Morgan fingerprint density at radius 3 is 2.59 bits per heavy atom.